The highest BCUT2D eigenvalue weighted by molar-refractivity contribution is 5.43. The lowest BCUT2D eigenvalue weighted by atomic mass is 9.75. The molecule has 2 aliphatic carbocycles. The Balaban J connectivity index is 1.91. The minimum atomic E-state index is -0.141. The molecule has 19 heavy (non-hydrogen) atoms. The summed E-state index contributed by atoms with van der Waals surface area (Å²) >= 11 is 0. The number of hydrogen-bond donors (Lipinski definition) is 2. The summed E-state index contributed by atoms with van der Waals surface area (Å²) in [4.78, 5) is 0. The molecule has 0 spiro atoms. The van der Waals surface area contributed by atoms with Crippen molar-refractivity contribution in [2.24, 2.45) is 11.5 Å². The second-order valence-corrected chi connectivity index (χ2v) is 7.25. The molecule has 0 radical (unpaired) electrons. The monoisotopic (exact) mass is 258 g/mol. The molecule has 2 nitrogen and oxygen atoms in total. The van der Waals surface area contributed by atoms with Gasteiger partial charge in [-0.1, -0.05) is 32.0 Å². The summed E-state index contributed by atoms with van der Waals surface area (Å²) in [6.45, 7) is 4.69. The van der Waals surface area contributed by atoms with Crippen LogP contribution >= 0.6 is 0 Å². The van der Waals surface area contributed by atoms with Crippen molar-refractivity contribution in [3.8, 4) is 0 Å². The third kappa shape index (κ3) is 2.21. The zero-order valence-electron chi connectivity index (χ0n) is 12.2. The fraction of sp³-hybridized carbons (Fsp3) is 0.647. The first kappa shape index (κ1) is 13.1. The zero-order valence-corrected chi connectivity index (χ0v) is 12.2. The molecule has 1 aromatic rings. The highest BCUT2D eigenvalue weighted by Crippen LogP contribution is 2.41. The molecule has 0 heterocycles. The van der Waals surface area contributed by atoms with Gasteiger partial charge in [-0.15, -0.1) is 0 Å². The lowest BCUT2D eigenvalue weighted by Crippen LogP contribution is -2.43. The second-order valence-electron chi connectivity index (χ2n) is 7.25. The summed E-state index contributed by atoms with van der Waals surface area (Å²) < 4.78 is 0. The Morgan fingerprint density at radius 2 is 1.79 bits per heavy atom. The van der Waals surface area contributed by atoms with Crippen LogP contribution in [0, 0.1) is 0 Å². The van der Waals surface area contributed by atoms with Gasteiger partial charge in [0.1, 0.15) is 0 Å². The normalized spacial score (nSPS) is 33.2. The van der Waals surface area contributed by atoms with E-state index < -0.39 is 0 Å². The maximum absolute atomic E-state index is 6.65. The van der Waals surface area contributed by atoms with Crippen LogP contribution in [0.5, 0.6) is 0 Å². The first-order valence-corrected chi connectivity index (χ1v) is 7.59. The van der Waals surface area contributed by atoms with Crippen molar-refractivity contribution in [2.45, 2.75) is 69.4 Å². The largest absolute Gasteiger partial charge is 0.328 e. The average Bonchev–Trinajstić information content (AvgIpc) is 2.69. The van der Waals surface area contributed by atoms with Crippen molar-refractivity contribution < 1.29 is 0 Å². The Hall–Kier alpha value is -0.860. The van der Waals surface area contributed by atoms with Gasteiger partial charge in [-0.2, -0.15) is 0 Å². The number of benzene rings is 1. The first-order chi connectivity index (χ1) is 8.91. The zero-order chi connectivity index (χ0) is 13.7. The Bertz CT molecular complexity index is 482. The number of hydrogen-bond acceptors (Lipinski definition) is 2. The van der Waals surface area contributed by atoms with E-state index in [9.17, 15) is 0 Å². The Morgan fingerprint density at radius 1 is 1.11 bits per heavy atom. The van der Waals surface area contributed by atoms with E-state index in [2.05, 4.69) is 32.0 Å². The number of rotatable bonds is 1. The Morgan fingerprint density at radius 3 is 2.47 bits per heavy atom. The van der Waals surface area contributed by atoms with Gasteiger partial charge >= 0.3 is 0 Å². The second kappa shape index (κ2) is 4.32. The molecule has 4 N–H and O–H groups in total. The molecule has 1 aromatic carbocycles. The third-order valence-corrected chi connectivity index (χ3v) is 5.35. The van der Waals surface area contributed by atoms with Crippen molar-refractivity contribution >= 4 is 0 Å². The Kier molecular flexibility index (Phi) is 2.99. The van der Waals surface area contributed by atoms with Crippen LogP contribution < -0.4 is 11.5 Å². The fourth-order valence-corrected chi connectivity index (χ4v) is 3.80. The van der Waals surface area contributed by atoms with Crippen LogP contribution in [-0.4, -0.2) is 6.04 Å². The number of fused-ring (bicyclic) bond motifs is 1. The van der Waals surface area contributed by atoms with Crippen LogP contribution in [0.1, 0.15) is 62.6 Å². The van der Waals surface area contributed by atoms with Gasteiger partial charge in [-0.25, -0.2) is 0 Å². The number of aryl methyl sites for hydroxylation is 1. The molecule has 0 aromatic heterocycles. The molecule has 1 saturated carbocycles. The third-order valence-electron chi connectivity index (χ3n) is 5.35. The first-order valence-electron chi connectivity index (χ1n) is 7.59. The molecule has 1 fully saturated rings. The topological polar surface area (TPSA) is 52.0 Å². The van der Waals surface area contributed by atoms with Gasteiger partial charge in [0.25, 0.3) is 0 Å². The van der Waals surface area contributed by atoms with Gasteiger partial charge < -0.3 is 11.5 Å². The quantitative estimate of drug-likeness (QED) is 0.813. The van der Waals surface area contributed by atoms with Gasteiger partial charge in [0.05, 0.1) is 0 Å². The summed E-state index contributed by atoms with van der Waals surface area (Å²) in [6, 6.07) is 7.31. The molecule has 0 bridgehead atoms. The molecule has 0 saturated heterocycles. The van der Waals surface area contributed by atoms with Gasteiger partial charge in [-0.05, 0) is 60.6 Å². The van der Waals surface area contributed by atoms with Crippen LogP contribution in [0.3, 0.4) is 0 Å². The maximum Gasteiger partial charge on any atom is 0.0410 e. The fourth-order valence-electron chi connectivity index (χ4n) is 3.80. The SMILES string of the molecule is CC1(C)CCc2cc(C3(N)CCC(N)CC3)ccc21. The molecule has 0 unspecified atom stereocenters. The van der Waals surface area contributed by atoms with Gasteiger partial charge in [0.2, 0.25) is 0 Å². The molecule has 3 rings (SSSR count). The van der Waals surface area contributed by atoms with E-state index >= 15 is 0 Å². The van der Waals surface area contributed by atoms with E-state index in [4.69, 9.17) is 11.5 Å². The van der Waals surface area contributed by atoms with E-state index in [-0.39, 0.29) is 5.54 Å². The molecular formula is C17H26N2. The van der Waals surface area contributed by atoms with Crippen molar-refractivity contribution in [3.05, 3.63) is 34.9 Å². The smallest absolute Gasteiger partial charge is 0.0410 e. The van der Waals surface area contributed by atoms with E-state index in [0.717, 1.165) is 25.7 Å². The molecular weight excluding hydrogens is 232 g/mol. The lowest BCUT2D eigenvalue weighted by molar-refractivity contribution is 0.277. The highest BCUT2D eigenvalue weighted by Gasteiger charge is 2.35. The molecule has 2 aliphatic rings. The van der Waals surface area contributed by atoms with E-state index in [1.165, 1.54) is 29.5 Å². The van der Waals surface area contributed by atoms with Crippen LogP contribution in [-0.2, 0) is 17.4 Å². The molecule has 0 atom stereocenters. The lowest BCUT2D eigenvalue weighted by Gasteiger charge is -2.37. The summed E-state index contributed by atoms with van der Waals surface area (Å²) in [6.07, 6.45) is 6.62. The predicted molar refractivity (Wildman–Crippen MR) is 80.1 cm³/mol. The van der Waals surface area contributed by atoms with Gasteiger partial charge in [-0.3, -0.25) is 0 Å². The average molecular weight is 258 g/mol. The summed E-state index contributed by atoms with van der Waals surface area (Å²) in [5.41, 5.74) is 17.2. The standard InChI is InChI=1S/C17H26N2/c1-16(2)8-5-12-11-13(3-4-15(12)16)17(19)9-6-14(18)7-10-17/h3-4,11,14H,5-10,18-19H2,1-2H3. The molecule has 104 valence electrons. The van der Waals surface area contributed by atoms with Crippen molar-refractivity contribution in [1.29, 1.82) is 0 Å². The van der Waals surface area contributed by atoms with E-state index in [1.807, 2.05) is 0 Å². The van der Waals surface area contributed by atoms with Crippen LogP contribution in [0.2, 0.25) is 0 Å². The summed E-state index contributed by atoms with van der Waals surface area (Å²) in [7, 11) is 0. The van der Waals surface area contributed by atoms with Gasteiger partial charge in [0.15, 0.2) is 0 Å². The van der Waals surface area contributed by atoms with Gasteiger partial charge in [0, 0.05) is 11.6 Å². The number of nitrogens with two attached hydrogens (primary N) is 2. The van der Waals surface area contributed by atoms with Crippen LogP contribution in [0.25, 0.3) is 0 Å². The summed E-state index contributed by atoms with van der Waals surface area (Å²) in [5, 5.41) is 0. The molecule has 0 amide bonds. The maximum atomic E-state index is 6.65. The minimum absolute atomic E-state index is 0.141. The van der Waals surface area contributed by atoms with E-state index in [0.29, 0.717) is 11.5 Å². The van der Waals surface area contributed by atoms with Crippen molar-refractivity contribution in [3.63, 3.8) is 0 Å². The minimum Gasteiger partial charge on any atom is -0.328 e. The van der Waals surface area contributed by atoms with Crippen LogP contribution in [0.15, 0.2) is 18.2 Å². The molecule has 2 heteroatoms. The highest BCUT2D eigenvalue weighted by atomic mass is 14.8. The van der Waals surface area contributed by atoms with Crippen molar-refractivity contribution in [2.75, 3.05) is 0 Å². The predicted octanol–water partition coefficient (Wildman–Crippen LogP) is 2.97. The summed E-state index contributed by atoms with van der Waals surface area (Å²) in [5.74, 6) is 0. The van der Waals surface area contributed by atoms with E-state index in [1.54, 1.807) is 0 Å². The Labute approximate surface area is 116 Å². The van der Waals surface area contributed by atoms with Crippen LogP contribution in [0.4, 0.5) is 0 Å². The van der Waals surface area contributed by atoms with Crippen molar-refractivity contribution in [1.82, 2.24) is 0 Å². The molecule has 0 aliphatic heterocycles.